The van der Waals surface area contributed by atoms with Gasteiger partial charge in [-0.05, 0) is 80.4 Å². The summed E-state index contributed by atoms with van der Waals surface area (Å²) in [5.41, 5.74) is 1.01. The second kappa shape index (κ2) is 6.60. The number of hydrogen-bond acceptors (Lipinski definition) is 3. The third kappa shape index (κ3) is 3.08. The van der Waals surface area contributed by atoms with Gasteiger partial charge in [-0.25, -0.2) is 4.79 Å². The van der Waals surface area contributed by atoms with Crippen LogP contribution in [-0.2, 0) is 11.2 Å². The maximum Gasteiger partial charge on any atom is 0.335 e. The molecule has 0 unspecified atom stereocenters. The highest BCUT2D eigenvalue weighted by atomic mass is 16.5. The van der Waals surface area contributed by atoms with Crippen molar-refractivity contribution < 1.29 is 19.4 Å². The van der Waals surface area contributed by atoms with E-state index in [-0.39, 0.29) is 16.9 Å². The van der Waals surface area contributed by atoms with Crippen molar-refractivity contribution in [1.82, 2.24) is 5.32 Å². The van der Waals surface area contributed by atoms with Gasteiger partial charge in [0.15, 0.2) is 0 Å². The van der Waals surface area contributed by atoms with Crippen molar-refractivity contribution >= 4 is 11.9 Å². The molecule has 1 amide bonds. The summed E-state index contributed by atoms with van der Waals surface area (Å²) >= 11 is 0. The van der Waals surface area contributed by atoms with Crippen LogP contribution in [0.25, 0.3) is 0 Å². The zero-order valence-electron chi connectivity index (χ0n) is 15.3. The maximum absolute atomic E-state index is 13.0. The number of aromatic carboxylic acids is 1. The average molecular weight is 357 g/mol. The fraction of sp³-hybridized carbons (Fsp3) is 0.619. The van der Waals surface area contributed by atoms with E-state index in [1.807, 2.05) is 0 Å². The molecule has 140 valence electrons. The van der Waals surface area contributed by atoms with Crippen LogP contribution in [0.15, 0.2) is 18.2 Å². The molecule has 2 N–H and O–H groups in total. The lowest BCUT2D eigenvalue weighted by molar-refractivity contribution is -0.146. The van der Waals surface area contributed by atoms with E-state index in [0.717, 1.165) is 42.6 Å². The molecule has 0 saturated heterocycles. The van der Waals surface area contributed by atoms with Crippen molar-refractivity contribution in [3.05, 3.63) is 29.3 Å². The Morgan fingerprint density at radius 3 is 2.31 bits per heavy atom. The third-order valence-electron chi connectivity index (χ3n) is 6.73. The van der Waals surface area contributed by atoms with Crippen LogP contribution >= 0.6 is 0 Å². The topological polar surface area (TPSA) is 75.6 Å². The lowest BCUT2D eigenvalue weighted by Gasteiger charge is -2.55. The number of carbonyl (C=O) groups is 2. The van der Waals surface area contributed by atoms with Crippen LogP contribution in [0.4, 0.5) is 0 Å². The number of rotatable bonds is 6. The van der Waals surface area contributed by atoms with Crippen molar-refractivity contribution in [1.29, 1.82) is 0 Å². The van der Waals surface area contributed by atoms with Crippen LogP contribution in [0.1, 0.15) is 54.4 Å². The van der Waals surface area contributed by atoms with E-state index in [9.17, 15) is 9.59 Å². The molecule has 0 radical (unpaired) electrons. The number of hydrogen-bond donors (Lipinski definition) is 2. The van der Waals surface area contributed by atoms with Crippen molar-refractivity contribution in [2.24, 2.45) is 23.2 Å². The highest BCUT2D eigenvalue weighted by molar-refractivity contribution is 5.88. The van der Waals surface area contributed by atoms with E-state index in [1.54, 1.807) is 25.3 Å². The average Bonchev–Trinajstić information content (AvgIpc) is 2.60. The molecule has 4 aliphatic carbocycles. The molecular weight excluding hydrogens is 330 g/mol. The van der Waals surface area contributed by atoms with Crippen molar-refractivity contribution in [2.45, 2.75) is 44.9 Å². The molecule has 5 heteroatoms. The Morgan fingerprint density at radius 2 is 1.77 bits per heavy atom. The number of carboxylic acid groups (broad SMARTS) is 1. The summed E-state index contributed by atoms with van der Waals surface area (Å²) in [6.07, 6.45) is 7.85. The largest absolute Gasteiger partial charge is 0.496 e. The van der Waals surface area contributed by atoms with Crippen LogP contribution in [0, 0.1) is 23.2 Å². The Balaban J connectivity index is 1.38. The minimum atomic E-state index is -0.968. The molecule has 1 aromatic carbocycles. The van der Waals surface area contributed by atoms with Gasteiger partial charge in [-0.1, -0.05) is 6.07 Å². The van der Waals surface area contributed by atoms with Gasteiger partial charge in [-0.2, -0.15) is 0 Å². The first kappa shape index (κ1) is 17.4. The Morgan fingerprint density at radius 1 is 1.15 bits per heavy atom. The predicted octanol–water partition coefficient (Wildman–Crippen LogP) is 3.27. The number of nitrogens with one attached hydrogen (secondary N) is 1. The molecule has 0 heterocycles. The zero-order valence-corrected chi connectivity index (χ0v) is 15.3. The second-order valence-electron chi connectivity index (χ2n) is 8.54. The molecule has 1 aromatic rings. The molecule has 4 fully saturated rings. The van der Waals surface area contributed by atoms with E-state index in [2.05, 4.69) is 5.32 Å². The van der Waals surface area contributed by atoms with Gasteiger partial charge >= 0.3 is 5.97 Å². The van der Waals surface area contributed by atoms with Gasteiger partial charge in [0.05, 0.1) is 12.7 Å². The van der Waals surface area contributed by atoms with E-state index in [4.69, 9.17) is 9.84 Å². The van der Waals surface area contributed by atoms with E-state index in [0.29, 0.717) is 18.7 Å². The second-order valence-corrected chi connectivity index (χ2v) is 8.54. The molecule has 5 rings (SSSR count). The van der Waals surface area contributed by atoms with Crippen molar-refractivity contribution in [2.75, 3.05) is 13.7 Å². The first-order valence-electron chi connectivity index (χ1n) is 9.67. The van der Waals surface area contributed by atoms with E-state index >= 15 is 0 Å². The smallest absolute Gasteiger partial charge is 0.335 e. The summed E-state index contributed by atoms with van der Waals surface area (Å²) in [5.74, 6) is 2.11. The Labute approximate surface area is 154 Å². The number of methoxy groups -OCH3 is 1. The van der Waals surface area contributed by atoms with Crippen LogP contribution < -0.4 is 10.1 Å². The molecule has 0 aromatic heterocycles. The first-order chi connectivity index (χ1) is 12.5. The lowest BCUT2D eigenvalue weighted by Crippen LogP contribution is -2.53. The standard InChI is InChI=1S/C21H27NO4/c1-26-18-9-17(19(23)24)3-2-16(18)4-5-22-20(25)21-10-13-6-14(11-21)8-15(7-13)12-21/h2-3,9,13-15H,4-8,10-12H2,1H3,(H,22,25)(H,23,24). The first-order valence-corrected chi connectivity index (χ1v) is 9.67. The number of benzene rings is 1. The third-order valence-corrected chi connectivity index (χ3v) is 6.73. The van der Waals surface area contributed by atoms with Gasteiger partial charge in [-0.3, -0.25) is 4.79 Å². The van der Waals surface area contributed by atoms with Gasteiger partial charge < -0.3 is 15.2 Å². The van der Waals surface area contributed by atoms with Crippen molar-refractivity contribution in [3.8, 4) is 5.75 Å². The van der Waals surface area contributed by atoms with Crippen molar-refractivity contribution in [3.63, 3.8) is 0 Å². The predicted molar refractivity (Wildman–Crippen MR) is 97.3 cm³/mol. The summed E-state index contributed by atoms with van der Waals surface area (Å²) in [4.78, 5) is 24.0. The van der Waals surface area contributed by atoms with Gasteiger partial charge in [0, 0.05) is 12.0 Å². The molecule has 0 aliphatic heterocycles. The summed E-state index contributed by atoms with van der Waals surface area (Å²) in [6, 6.07) is 4.90. The van der Waals surface area contributed by atoms with E-state index in [1.165, 1.54) is 19.3 Å². The van der Waals surface area contributed by atoms with Crippen LogP contribution in [0.2, 0.25) is 0 Å². The normalized spacial score (nSPS) is 31.7. The highest BCUT2D eigenvalue weighted by Gasteiger charge is 2.54. The quantitative estimate of drug-likeness (QED) is 0.819. The molecular formula is C21H27NO4. The fourth-order valence-electron chi connectivity index (χ4n) is 5.97. The number of amides is 1. The monoisotopic (exact) mass is 357 g/mol. The summed E-state index contributed by atoms with van der Waals surface area (Å²) in [5, 5.41) is 12.2. The molecule has 4 aliphatic rings. The molecule has 4 bridgehead atoms. The van der Waals surface area contributed by atoms with Gasteiger partial charge in [0.1, 0.15) is 5.75 Å². The van der Waals surface area contributed by atoms with Crippen LogP contribution in [0.3, 0.4) is 0 Å². The Kier molecular flexibility index (Phi) is 4.41. The van der Waals surface area contributed by atoms with Gasteiger partial charge in [0.2, 0.25) is 5.91 Å². The van der Waals surface area contributed by atoms with Gasteiger partial charge in [-0.15, -0.1) is 0 Å². The zero-order chi connectivity index (χ0) is 18.3. The van der Waals surface area contributed by atoms with E-state index < -0.39 is 5.97 Å². The molecule has 4 saturated carbocycles. The summed E-state index contributed by atoms with van der Waals surface area (Å²) < 4.78 is 5.32. The maximum atomic E-state index is 13.0. The molecule has 0 spiro atoms. The van der Waals surface area contributed by atoms with Crippen LogP contribution in [0.5, 0.6) is 5.75 Å². The minimum Gasteiger partial charge on any atom is -0.496 e. The SMILES string of the molecule is COc1cc(C(=O)O)ccc1CCNC(=O)C12CC3CC(CC(C3)C1)C2. The van der Waals surface area contributed by atoms with Gasteiger partial charge in [0.25, 0.3) is 0 Å². The molecule has 0 atom stereocenters. The number of carboxylic acids is 1. The fourth-order valence-corrected chi connectivity index (χ4v) is 5.97. The molecule has 5 nitrogen and oxygen atoms in total. The highest BCUT2D eigenvalue weighted by Crippen LogP contribution is 2.60. The lowest BCUT2D eigenvalue weighted by atomic mass is 9.49. The number of carbonyl (C=O) groups excluding carboxylic acids is 1. The summed E-state index contributed by atoms with van der Waals surface area (Å²) in [6.45, 7) is 0.559. The minimum absolute atomic E-state index is 0.119. The Bertz CT molecular complexity index is 691. The molecule has 26 heavy (non-hydrogen) atoms. The number of ether oxygens (including phenoxy) is 1. The summed E-state index contributed by atoms with van der Waals surface area (Å²) in [7, 11) is 1.54. The van der Waals surface area contributed by atoms with Crippen LogP contribution in [-0.4, -0.2) is 30.6 Å². The Hall–Kier alpha value is -2.04.